The Labute approximate surface area is 115 Å². The van der Waals surface area contributed by atoms with Crippen LogP contribution in [0.1, 0.15) is 19.0 Å². The summed E-state index contributed by atoms with van der Waals surface area (Å²) >= 11 is 1.57. The van der Waals surface area contributed by atoms with Crippen LogP contribution in [0.25, 0.3) is 4.96 Å². The quantitative estimate of drug-likeness (QED) is 0.744. The lowest BCUT2D eigenvalue weighted by molar-refractivity contribution is -0.120. The summed E-state index contributed by atoms with van der Waals surface area (Å²) in [5.41, 5.74) is 0.981. The monoisotopic (exact) mass is 282 g/mol. The average Bonchev–Trinajstić information content (AvgIpc) is 2.96. The number of nitrogens with one attached hydrogen (secondary N) is 2. The molecule has 0 radical (unpaired) electrons. The molecule has 0 spiro atoms. The molecule has 0 fully saturated rings. The maximum atomic E-state index is 11.3. The number of thiazole rings is 1. The molecule has 0 aliphatic heterocycles. The van der Waals surface area contributed by atoms with E-state index in [4.69, 9.17) is 4.74 Å². The number of amides is 1. The lowest BCUT2D eigenvalue weighted by Gasteiger charge is -2.06. The van der Waals surface area contributed by atoms with E-state index in [-0.39, 0.29) is 5.91 Å². The molecule has 0 aromatic carbocycles. The van der Waals surface area contributed by atoms with Gasteiger partial charge in [-0.15, -0.1) is 11.3 Å². The first kappa shape index (κ1) is 13.8. The summed E-state index contributed by atoms with van der Waals surface area (Å²) in [5.74, 6) is 0.702. The fourth-order valence-electron chi connectivity index (χ4n) is 1.83. The van der Waals surface area contributed by atoms with Gasteiger partial charge in [-0.1, -0.05) is 0 Å². The summed E-state index contributed by atoms with van der Waals surface area (Å²) in [5, 5.41) is 7.99. The summed E-state index contributed by atoms with van der Waals surface area (Å²) in [6.45, 7) is 3.84. The topological polar surface area (TPSA) is 67.7 Å². The van der Waals surface area contributed by atoms with E-state index < -0.39 is 0 Å². The van der Waals surface area contributed by atoms with Gasteiger partial charge >= 0.3 is 0 Å². The van der Waals surface area contributed by atoms with Gasteiger partial charge in [-0.05, 0) is 6.92 Å². The van der Waals surface area contributed by atoms with Crippen molar-refractivity contribution in [3.63, 3.8) is 0 Å². The van der Waals surface area contributed by atoms with E-state index in [1.807, 2.05) is 22.9 Å². The molecule has 2 rings (SSSR count). The molecule has 104 valence electrons. The Hall–Kier alpha value is -1.60. The molecular weight excluding hydrogens is 264 g/mol. The van der Waals surface area contributed by atoms with E-state index in [2.05, 4.69) is 15.6 Å². The molecule has 1 amide bonds. The molecule has 0 atom stereocenters. The SMILES string of the molecule is CCNC(=O)CCNCc1c(OC)nc2sccn12. The van der Waals surface area contributed by atoms with Crippen LogP contribution in [-0.4, -0.2) is 35.5 Å². The maximum absolute atomic E-state index is 11.3. The van der Waals surface area contributed by atoms with Gasteiger partial charge in [-0.3, -0.25) is 9.20 Å². The van der Waals surface area contributed by atoms with Crippen molar-refractivity contribution in [2.75, 3.05) is 20.2 Å². The zero-order valence-electron chi connectivity index (χ0n) is 11.1. The Balaban J connectivity index is 1.90. The summed E-state index contributed by atoms with van der Waals surface area (Å²) in [7, 11) is 1.62. The second-order valence-electron chi connectivity index (χ2n) is 4.00. The molecule has 2 aromatic heterocycles. The number of nitrogens with zero attached hydrogens (tertiary/aromatic N) is 2. The van der Waals surface area contributed by atoms with E-state index in [1.165, 1.54) is 0 Å². The first-order chi connectivity index (χ1) is 9.26. The predicted molar refractivity (Wildman–Crippen MR) is 74.6 cm³/mol. The van der Waals surface area contributed by atoms with Crippen LogP contribution in [0.2, 0.25) is 0 Å². The molecule has 0 unspecified atom stereocenters. The molecule has 2 heterocycles. The van der Waals surface area contributed by atoms with Gasteiger partial charge in [-0.25, -0.2) is 0 Å². The fraction of sp³-hybridized carbons (Fsp3) is 0.500. The molecule has 0 aliphatic carbocycles. The third kappa shape index (κ3) is 3.24. The van der Waals surface area contributed by atoms with Gasteiger partial charge in [0.15, 0.2) is 4.96 Å². The van der Waals surface area contributed by atoms with Crippen LogP contribution in [0, 0.1) is 0 Å². The lowest BCUT2D eigenvalue weighted by atomic mass is 10.3. The van der Waals surface area contributed by atoms with Crippen molar-refractivity contribution in [1.82, 2.24) is 20.0 Å². The Morgan fingerprint density at radius 3 is 3.16 bits per heavy atom. The lowest BCUT2D eigenvalue weighted by Crippen LogP contribution is -2.27. The Bertz CT molecular complexity index is 549. The minimum Gasteiger partial charge on any atom is -0.480 e. The number of carbonyl (C=O) groups excluding carboxylic acids is 1. The van der Waals surface area contributed by atoms with Crippen molar-refractivity contribution >= 4 is 22.2 Å². The average molecular weight is 282 g/mol. The number of hydrogen-bond acceptors (Lipinski definition) is 5. The van der Waals surface area contributed by atoms with Gasteiger partial charge in [-0.2, -0.15) is 4.98 Å². The van der Waals surface area contributed by atoms with Crippen molar-refractivity contribution in [3.05, 3.63) is 17.3 Å². The number of carbonyl (C=O) groups is 1. The van der Waals surface area contributed by atoms with Gasteiger partial charge in [0.25, 0.3) is 0 Å². The third-order valence-corrected chi connectivity index (χ3v) is 3.47. The first-order valence-corrected chi connectivity index (χ1v) is 7.10. The Morgan fingerprint density at radius 1 is 1.58 bits per heavy atom. The fourth-order valence-corrected chi connectivity index (χ4v) is 2.56. The number of hydrogen-bond donors (Lipinski definition) is 2. The van der Waals surface area contributed by atoms with Crippen molar-refractivity contribution in [3.8, 4) is 5.88 Å². The molecule has 19 heavy (non-hydrogen) atoms. The number of ether oxygens (including phenoxy) is 1. The van der Waals surface area contributed by atoms with E-state index in [1.54, 1.807) is 18.4 Å². The van der Waals surface area contributed by atoms with Crippen LogP contribution >= 0.6 is 11.3 Å². The normalized spacial score (nSPS) is 10.8. The van der Waals surface area contributed by atoms with E-state index in [0.29, 0.717) is 31.9 Å². The van der Waals surface area contributed by atoms with Crippen molar-refractivity contribution in [2.45, 2.75) is 19.9 Å². The molecule has 0 saturated heterocycles. The smallest absolute Gasteiger partial charge is 0.237 e. The van der Waals surface area contributed by atoms with Crippen LogP contribution in [0.3, 0.4) is 0 Å². The highest BCUT2D eigenvalue weighted by Crippen LogP contribution is 2.22. The molecule has 0 saturated carbocycles. The molecule has 0 aliphatic rings. The molecule has 2 N–H and O–H groups in total. The van der Waals surface area contributed by atoms with Crippen LogP contribution in [0.5, 0.6) is 5.88 Å². The minimum atomic E-state index is 0.0657. The van der Waals surface area contributed by atoms with Crippen LogP contribution in [-0.2, 0) is 11.3 Å². The summed E-state index contributed by atoms with van der Waals surface area (Å²) in [4.78, 5) is 16.6. The molecule has 0 bridgehead atoms. The highest BCUT2D eigenvalue weighted by atomic mass is 32.1. The number of aromatic nitrogens is 2. The molecule has 6 nitrogen and oxygen atoms in total. The molecular formula is C12H18N4O2S. The van der Waals surface area contributed by atoms with Crippen molar-refractivity contribution in [2.24, 2.45) is 0 Å². The van der Waals surface area contributed by atoms with E-state index >= 15 is 0 Å². The number of rotatable bonds is 7. The summed E-state index contributed by atoms with van der Waals surface area (Å²) < 4.78 is 7.26. The number of methoxy groups -OCH3 is 1. The number of imidazole rings is 1. The second-order valence-corrected chi connectivity index (χ2v) is 4.88. The maximum Gasteiger partial charge on any atom is 0.237 e. The van der Waals surface area contributed by atoms with E-state index in [9.17, 15) is 4.79 Å². The second kappa shape index (κ2) is 6.53. The van der Waals surface area contributed by atoms with Gasteiger partial charge < -0.3 is 15.4 Å². The Morgan fingerprint density at radius 2 is 2.42 bits per heavy atom. The van der Waals surface area contributed by atoms with Gasteiger partial charge in [0.1, 0.15) is 5.69 Å². The predicted octanol–water partition coefficient (Wildman–Crippen LogP) is 1.02. The van der Waals surface area contributed by atoms with Crippen LogP contribution in [0.4, 0.5) is 0 Å². The van der Waals surface area contributed by atoms with Crippen LogP contribution in [0.15, 0.2) is 11.6 Å². The summed E-state index contributed by atoms with van der Waals surface area (Å²) in [6, 6.07) is 0. The van der Waals surface area contributed by atoms with Crippen LogP contribution < -0.4 is 15.4 Å². The highest BCUT2D eigenvalue weighted by Gasteiger charge is 2.12. The van der Waals surface area contributed by atoms with Gasteiger partial charge in [0.05, 0.1) is 7.11 Å². The summed E-state index contributed by atoms with van der Waals surface area (Å²) in [6.07, 6.45) is 2.44. The zero-order valence-corrected chi connectivity index (χ0v) is 11.9. The zero-order chi connectivity index (χ0) is 13.7. The minimum absolute atomic E-state index is 0.0657. The van der Waals surface area contributed by atoms with Crippen molar-refractivity contribution < 1.29 is 9.53 Å². The highest BCUT2D eigenvalue weighted by molar-refractivity contribution is 7.15. The standard InChI is InChI=1S/C12H18N4O2S/c1-3-14-10(17)4-5-13-8-9-11(18-2)15-12-16(9)6-7-19-12/h6-7,13H,3-5,8H2,1-2H3,(H,14,17). The first-order valence-electron chi connectivity index (χ1n) is 6.22. The third-order valence-electron chi connectivity index (χ3n) is 2.71. The van der Waals surface area contributed by atoms with Gasteiger partial charge in [0.2, 0.25) is 11.8 Å². The molecule has 7 heteroatoms. The molecule has 2 aromatic rings. The Kier molecular flexibility index (Phi) is 4.75. The van der Waals surface area contributed by atoms with Gasteiger partial charge in [0, 0.05) is 37.6 Å². The number of fused-ring (bicyclic) bond motifs is 1. The largest absolute Gasteiger partial charge is 0.480 e. The van der Waals surface area contributed by atoms with Crippen molar-refractivity contribution in [1.29, 1.82) is 0 Å². The van der Waals surface area contributed by atoms with E-state index in [0.717, 1.165) is 10.7 Å².